The number of ether oxygens (including phenoxy) is 2. The molecule has 2 amide bonds. The maximum absolute atomic E-state index is 12.3. The molecule has 3 aromatic rings. The lowest BCUT2D eigenvalue weighted by atomic mass is 10.1. The molecule has 32 heavy (non-hydrogen) atoms. The topological polar surface area (TPSA) is 106 Å². The normalized spacial score (nSPS) is 10.4. The van der Waals surface area contributed by atoms with Crippen LogP contribution < -0.4 is 20.2 Å². The van der Waals surface area contributed by atoms with E-state index in [2.05, 4.69) is 15.8 Å². The van der Waals surface area contributed by atoms with Gasteiger partial charge in [-0.1, -0.05) is 30.3 Å². The van der Waals surface area contributed by atoms with Gasteiger partial charge in [0, 0.05) is 0 Å². The molecule has 0 bridgehead atoms. The summed E-state index contributed by atoms with van der Waals surface area (Å²) in [6.07, 6.45) is 1.36. The van der Waals surface area contributed by atoms with E-state index < -0.39 is 17.8 Å². The van der Waals surface area contributed by atoms with Gasteiger partial charge in [-0.3, -0.25) is 9.59 Å². The number of hydrogen-bond acceptors (Lipinski definition) is 6. The number of para-hydroxylation sites is 2. The maximum Gasteiger partial charge on any atom is 0.343 e. The fraction of sp³-hybridized carbons (Fsp3) is 0.0833. The molecular weight excluding hydrogens is 410 g/mol. The molecule has 2 N–H and O–H groups in total. The highest BCUT2D eigenvalue weighted by Gasteiger charge is 2.15. The molecule has 0 fully saturated rings. The molecule has 3 aromatic carbocycles. The Hall–Kier alpha value is -4.46. The van der Waals surface area contributed by atoms with Crippen molar-refractivity contribution in [1.29, 1.82) is 0 Å². The number of anilines is 1. The quantitative estimate of drug-likeness (QED) is 0.205. The molecule has 8 heteroatoms. The summed E-state index contributed by atoms with van der Waals surface area (Å²) in [7, 11) is 1.46. The first-order valence-corrected chi connectivity index (χ1v) is 9.63. The minimum absolute atomic E-state index is 0.370. The van der Waals surface area contributed by atoms with Gasteiger partial charge in [0.2, 0.25) is 0 Å². The smallest absolute Gasteiger partial charge is 0.343 e. The highest BCUT2D eigenvalue weighted by molar-refractivity contribution is 6.39. The van der Waals surface area contributed by atoms with Crippen molar-refractivity contribution in [2.75, 3.05) is 12.4 Å². The van der Waals surface area contributed by atoms with Crippen LogP contribution in [-0.4, -0.2) is 31.1 Å². The number of amides is 2. The van der Waals surface area contributed by atoms with Gasteiger partial charge in [0.1, 0.15) is 11.5 Å². The molecule has 0 aromatic heterocycles. The number of methoxy groups -OCH3 is 1. The van der Waals surface area contributed by atoms with Gasteiger partial charge in [0.25, 0.3) is 0 Å². The Morgan fingerprint density at radius 2 is 1.56 bits per heavy atom. The van der Waals surface area contributed by atoms with Gasteiger partial charge < -0.3 is 14.8 Å². The van der Waals surface area contributed by atoms with Crippen molar-refractivity contribution in [3.63, 3.8) is 0 Å². The van der Waals surface area contributed by atoms with E-state index in [1.165, 1.54) is 13.3 Å². The molecule has 0 saturated heterocycles. The first-order chi connectivity index (χ1) is 15.5. The van der Waals surface area contributed by atoms with Crippen molar-refractivity contribution in [2.24, 2.45) is 5.10 Å². The highest BCUT2D eigenvalue weighted by atomic mass is 16.5. The third kappa shape index (κ3) is 5.79. The SMILES string of the molecule is COc1ccccc1NC(=O)C(=O)N/N=C/c1ccc(OC(=O)c2ccccc2C)cc1. The second-order valence-corrected chi connectivity index (χ2v) is 6.63. The number of carbonyl (C=O) groups is 3. The zero-order chi connectivity index (χ0) is 22.9. The van der Waals surface area contributed by atoms with Gasteiger partial charge in [0.05, 0.1) is 24.6 Å². The first-order valence-electron chi connectivity index (χ1n) is 9.63. The van der Waals surface area contributed by atoms with Gasteiger partial charge in [-0.2, -0.15) is 5.10 Å². The van der Waals surface area contributed by atoms with Crippen LogP contribution in [0.5, 0.6) is 11.5 Å². The molecule has 0 aliphatic heterocycles. The van der Waals surface area contributed by atoms with E-state index in [4.69, 9.17) is 9.47 Å². The lowest BCUT2D eigenvalue weighted by Gasteiger charge is -2.08. The van der Waals surface area contributed by atoms with Gasteiger partial charge in [-0.25, -0.2) is 10.2 Å². The number of rotatable bonds is 6. The van der Waals surface area contributed by atoms with Crippen molar-refractivity contribution in [3.8, 4) is 11.5 Å². The van der Waals surface area contributed by atoms with Gasteiger partial charge in [-0.15, -0.1) is 0 Å². The van der Waals surface area contributed by atoms with E-state index in [0.717, 1.165) is 5.56 Å². The molecular formula is C24H21N3O5. The summed E-state index contributed by atoms with van der Waals surface area (Å²) in [6, 6.07) is 20.4. The van der Waals surface area contributed by atoms with Crippen molar-refractivity contribution in [1.82, 2.24) is 5.43 Å². The highest BCUT2D eigenvalue weighted by Crippen LogP contribution is 2.22. The predicted octanol–water partition coefficient (Wildman–Crippen LogP) is 3.31. The minimum Gasteiger partial charge on any atom is -0.495 e. The fourth-order valence-electron chi connectivity index (χ4n) is 2.73. The average molecular weight is 431 g/mol. The van der Waals surface area contributed by atoms with E-state index >= 15 is 0 Å². The number of aryl methyl sites for hydroxylation is 1. The Labute approximate surface area is 184 Å². The number of hydrogen-bond donors (Lipinski definition) is 2. The summed E-state index contributed by atoms with van der Waals surface area (Å²) in [6.45, 7) is 1.83. The maximum atomic E-state index is 12.3. The van der Waals surface area contributed by atoms with Crippen LogP contribution in [-0.2, 0) is 9.59 Å². The van der Waals surface area contributed by atoms with E-state index in [1.54, 1.807) is 60.7 Å². The Balaban J connectivity index is 1.53. The summed E-state index contributed by atoms with van der Waals surface area (Å²) in [4.78, 5) is 36.2. The Morgan fingerprint density at radius 3 is 2.28 bits per heavy atom. The summed E-state index contributed by atoms with van der Waals surface area (Å²) >= 11 is 0. The second-order valence-electron chi connectivity index (χ2n) is 6.63. The zero-order valence-corrected chi connectivity index (χ0v) is 17.5. The lowest BCUT2D eigenvalue weighted by Crippen LogP contribution is -2.32. The van der Waals surface area contributed by atoms with Gasteiger partial charge in [-0.05, 0) is 60.5 Å². The zero-order valence-electron chi connectivity index (χ0n) is 17.5. The number of nitrogens with zero attached hydrogens (tertiary/aromatic N) is 1. The number of esters is 1. The molecule has 0 saturated carbocycles. The summed E-state index contributed by atoms with van der Waals surface area (Å²) in [5.74, 6) is -1.46. The number of hydrazone groups is 1. The standard InChI is InChI=1S/C24H21N3O5/c1-16-7-3-4-8-19(16)24(30)32-18-13-11-17(12-14-18)15-25-27-23(29)22(28)26-20-9-5-6-10-21(20)31-2/h3-15H,1-2H3,(H,26,28)(H,27,29)/b25-15+. The van der Waals surface area contributed by atoms with Crippen LogP contribution in [0.1, 0.15) is 21.5 Å². The predicted molar refractivity (Wildman–Crippen MR) is 120 cm³/mol. The third-order valence-corrected chi connectivity index (χ3v) is 4.40. The third-order valence-electron chi connectivity index (χ3n) is 4.40. The van der Waals surface area contributed by atoms with E-state index in [0.29, 0.717) is 28.3 Å². The molecule has 0 atom stereocenters. The molecule has 0 radical (unpaired) electrons. The molecule has 3 rings (SSSR count). The molecule has 0 aliphatic rings. The van der Waals surface area contributed by atoms with Crippen LogP contribution in [0.25, 0.3) is 0 Å². The Morgan fingerprint density at radius 1 is 0.875 bits per heavy atom. The van der Waals surface area contributed by atoms with Crippen LogP contribution >= 0.6 is 0 Å². The van der Waals surface area contributed by atoms with Crippen LogP contribution in [0.2, 0.25) is 0 Å². The summed E-state index contributed by atoms with van der Waals surface area (Å²) in [5, 5.41) is 6.23. The summed E-state index contributed by atoms with van der Waals surface area (Å²) in [5.41, 5.74) is 4.48. The average Bonchev–Trinajstić information content (AvgIpc) is 2.80. The van der Waals surface area contributed by atoms with Crippen LogP contribution in [0.3, 0.4) is 0 Å². The lowest BCUT2D eigenvalue weighted by molar-refractivity contribution is -0.136. The molecule has 0 unspecified atom stereocenters. The van der Waals surface area contributed by atoms with Crippen LogP contribution in [0.4, 0.5) is 5.69 Å². The molecule has 8 nitrogen and oxygen atoms in total. The fourth-order valence-corrected chi connectivity index (χ4v) is 2.73. The molecule has 0 spiro atoms. The van der Waals surface area contributed by atoms with Crippen molar-refractivity contribution < 1.29 is 23.9 Å². The summed E-state index contributed by atoms with van der Waals surface area (Å²) < 4.78 is 10.5. The second kappa shape index (κ2) is 10.5. The van der Waals surface area contributed by atoms with Crippen LogP contribution in [0.15, 0.2) is 77.9 Å². The largest absolute Gasteiger partial charge is 0.495 e. The molecule has 0 heterocycles. The monoisotopic (exact) mass is 431 g/mol. The molecule has 0 aliphatic carbocycles. The van der Waals surface area contributed by atoms with Crippen LogP contribution in [0, 0.1) is 6.92 Å². The first kappa shape index (κ1) is 22.2. The van der Waals surface area contributed by atoms with E-state index in [-0.39, 0.29) is 0 Å². The van der Waals surface area contributed by atoms with Crippen molar-refractivity contribution in [2.45, 2.75) is 6.92 Å². The molecule has 162 valence electrons. The van der Waals surface area contributed by atoms with Crippen molar-refractivity contribution in [3.05, 3.63) is 89.5 Å². The van der Waals surface area contributed by atoms with E-state index in [9.17, 15) is 14.4 Å². The van der Waals surface area contributed by atoms with E-state index in [1.807, 2.05) is 19.1 Å². The number of nitrogens with one attached hydrogen (secondary N) is 2. The number of benzene rings is 3. The Bertz CT molecular complexity index is 1160. The van der Waals surface area contributed by atoms with Crippen molar-refractivity contribution >= 4 is 29.7 Å². The van der Waals surface area contributed by atoms with Gasteiger partial charge >= 0.3 is 17.8 Å². The Kier molecular flexibility index (Phi) is 7.32. The minimum atomic E-state index is -0.934. The van der Waals surface area contributed by atoms with Gasteiger partial charge in [0.15, 0.2) is 0 Å². The number of carbonyl (C=O) groups excluding carboxylic acids is 3.